The van der Waals surface area contributed by atoms with Crippen LogP contribution in [0.3, 0.4) is 0 Å². The van der Waals surface area contributed by atoms with Crippen LogP contribution >= 0.6 is 0 Å². The second kappa shape index (κ2) is 12.0. The van der Waals surface area contributed by atoms with Crippen LogP contribution in [0.4, 0.5) is 13.2 Å². The minimum atomic E-state index is -1.35. The van der Waals surface area contributed by atoms with E-state index < -0.39 is 17.5 Å². The molecule has 0 spiro atoms. The maximum absolute atomic E-state index is 13.6. The molecule has 0 nitrogen and oxygen atoms in total. The molecule has 0 heterocycles. The molecule has 0 bridgehead atoms. The monoisotopic (exact) mass is 420 g/mol. The second-order valence-corrected chi connectivity index (χ2v) is 9.74. The maximum Gasteiger partial charge on any atom is 0.194 e. The van der Waals surface area contributed by atoms with Crippen LogP contribution in [0, 0.1) is 35.2 Å². The van der Waals surface area contributed by atoms with Crippen LogP contribution < -0.4 is 0 Å². The highest BCUT2D eigenvalue weighted by atomic mass is 19.2. The van der Waals surface area contributed by atoms with Gasteiger partial charge in [-0.15, -0.1) is 0 Å². The molecule has 1 aromatic carbocycles. The number of hydrogen-bond donors (Lipinski definition) is 0. The quantitative estimate of drug-likeness (QED) is 0.212. The van der Waals surface area contributed by atoms with Gasteiger partial charge in [0.25, 0.3) is 0 Å². The van der Waals surface area contributed by atoms with Crippen molar-refractivity contribution in [3.63, 3.8) is 0 Å². The van der Waals surface area contributed by atoms with E-state index in [0.29, 0.717) is 5.56 Å². The Labute approximate surface area is 181 Å². The minimum absolute atomic E-state index is 0.175. The number of halogens is 3. The lowest BCUT2D eigenvalue weighted by Crippen LogP contribution is -2.25. The summed E-state index contributed by atoms with van der Waals surface area (Å²) in [6.45, 7) is 2.22. The van der Waals surface area contributed by atoms with Crippen molar-refractivity contribution in [1.29, 1.82) is 0 Å². The number of hydrogen-bond acceptors (Lipinski definition) is 0. The molecule has 2 aliphatic carbocycles. The Balaban J connectivity index is 1.34. The van der Waals surface area contributed by atoms with Crippen molar-refractivity contribution in [2.75, 3.05) is 0 Å². The lowest BCUT2D eigenvalue weighted by molar-refractivity contribution is 0.155. The average Bonchev–Trinajstić information content (AvgIpc) is 2.77. The van der Waals surface area contributed by atoms with Crippen molar-refractivity contribution in [3.05, 3.63) is 47.3 Å². The average molecular weight is 421 g/mol. The fourth-order valence-corrected chi connectivity index (χ4v) is 5.78. The van der Waals surface area contributed by atoms with Crippen molar-refractivity contribution in [2.45, 2.75) is 103 Å². The lowest BCUT2D eigenvalue weighted by Gasteiger charge is -2.38. The molecular formula is C27H39F3. The van der Waals surface area contributed by atoms with E-state index in [1.807, 2.05) is 0 Å². The molecule has 0 unspecified atom stereocenters. The van der Waals surface area contributed by atoms with Crippen LogP contribution in [0.25, 0.3) is 0 Å². The van der Waals surface area contributed by atoms with E-state index in [2.05, 4.69) is 19.1 Å². The molecule has 168 valence electrons. The molecular weight excluding hydrogens is 381 g/mol. The van der Waals surface area contributed by atoms with Crippen LogP contribution in [-0.2, 0) is 0 Å². The van der Waals surface area contributed by atoms with Gasteiger partial charge in [-0.3, -0.25) is 0 Å². The van der Waals surface area contributed by atoms with Crippen LogP contribution in [0.1, 0.15) is 108 Å². The Hall–Kier alpha value is -1.25. The van der Waals surface area contributed by atoms with Crippen molar-refractivity contribution >= 4 is 0 Å². The SMILES string of the molecule is CCC/C=C/CCCCC1CCC(C2CCC(c3cc(F)c(F)c(F)c3)CC2)CC1. The zero-order chi connectivity index (χ0) is 21.3. The predicted molar refractivity (Wildman–Crippen MR) is 119 cm³/mol. The van der Waals surface area contributed by atoms with Crippen molar-refractivity contribution in [1.82, 2.24) is 0 Å². The van der Waals surface area contributed by atoms with E-state index in [4.69, 9.17) is 0 Å². The van der Waals surface area contributed by atoms with Gasteiger partial charge in [-0.05, 0) is 99.2 Å². The molecule has 30 heavy (non-hydrogen) atoms. The molecule has 3 heteroatoms. The lowest BCUT2D eigenvalue weighted by atomic mass is 9.68. The fraction of sp³-hybridized carbons (Fsp3) is 0.704. The molecule has 0 aliphatic heterocycles. The van der Waals surface area contributed by atoms with Gasteiger partial charge in [0.2, 0.25) is 0 Å². The van der Waals surface area contributed by atoms with E-state index in [1.54, 1.807) is 0 Å². The fourth-order valence-electron chi connectivity index (χ4n) is 5.78. The first-order chi connectivity index (χ1) is 14.6. The van der Waals surface area contributed by atoms with Crippen molar-refractivity contribution in [2.24, 2.45) is 17.8 Å². The van der Waals surface area contributed by atoms with Crippen LogP contribution in [0.2, 0.25) is 0 Å². The Kier molecular flexibility index (Phi) is 9.33. The van der Waals surface area contributed by atoms with Gasteiger partial charge in [0.1, 0.15) is 0 Å². The van der Waals surface area contributed by atoms with Gasteiger partial charge in [-0.2, -0.15) is 0 Å². The Morgan fingerprint density at radius 1 is 0.767 bits per heavy atom. The zero-order valence-electron chi connectivity index (χ0n) is 18.7. The predicted octanol–water partition coefficient (Wildman–Crippen LogP) is 9.10. The van der Waals surface area contributed by atoms with Gasteiger partial charge in [-0.1, -0.05) is 51.2 Å². The summed E-state index contributed by atoms with van der Waals surface area (Å²) in [6, 6.07) is 2.41. The summed E-state index contributed by atoms with van der Waals surface area (Å²) in [5.74, 6) is -0.764. The molecule has 2 fully saturated rings. The first-order valence-electron chi connectivity index (χ1n) is 12.4. The van der Waals surface area contributed by atoms with Gasteiger partial charge >= 0.3 is 0 Å². The topological polar surface area (TPSA) is 0 Å². The normalized spacial score (nSPS) is 27.6. The Bertz CT molecular complexity index is 642. The van der Waals surface area contributed by atoms with Crippen LogP contribution in [0.5, 0.6) is 0 Å². The summed E-state index contributed by atoms with van der Waals surface area (Å²) in [7, 11) is 0. The molecule has 2 saturated carbocycles. The molecule has 0 radical (unpaired) electrons. The number of benzene rings is 1. The molecule has 0 atom stereocenters. The zero-order valence-corrected chi connectivity index (χ0v) is 18.7. The summed E-state index contributed by atoms with van der Waals surface area (Å²) >= 11 is 0. The molecule has 0 saturated heterocycles. The molecule has 2 aliphatic rings. The summed E-state index contributed by atoms with van der Waals surface area (Å²) in [5.41, 5.74) is 0.637. The highest BCUT2D eigenvalue weighted by Gasteiger charge is 2.31. The molecule has 0 amide bonds. The van der Waals surface area contributed by atoms with E-state index in [1.165, 1.54) is 76.3 Å². The van der Waals surface area contributed by atoms with Gasteiger partial charge in [0.15, 0.2) is 17.5 Å². The van der Waals surface area contributed by atoms with Crippen molar-refractivity contribution < 1.29 is 13.2 Å². The number of unbranched alkanes of at least 4 members (excludes halogenated alkanes) is 3. The largest absolute Gasteiger partial charge is 0.204 e. The number of allylic oxidation sites excluding steroid dienone is 2. The standard InChI is InChI=1S/C27H39F3/c1-2-3-4-5-6-7-8-9-20-10-12-21(13-11-20)22-14-16-23(17-15-22)24-18-25(28)27(30)26(29)19-24/h4-5,18-23H,2-3,6-17H2,1H3/b5-4+. The van der Waals surface area contributed by atoms with E-state index in [-0.39, 0.29) is 5.92 Å². The van der Waals surface area contributed by atoms with Crippen LogP contribution in [0.15, 0.2) is 24.3 Å². The Morgan fingerprint density at radius 2 is 1.33 bits per heavy atom. The van der Waals surface area contributed by atoms with E-state index in [9.17, 15) is 13.2 Å². The van der Waals surface area contributed by atoms with Gasteiger partial charge in [0.05, 0.1) is 0 Å². The number of rotatable bonds is 9. The highest BCUT2D eigenvalue weighted by Crippen LogP contribution is 2.44. The van der Waals surface area contributed by atoms with Gasteiger partial charge in [0, 0.05) is 0 Å². The molecule has 0 aromatic heterocycles. The third-order valence-electron chi connectivity index (χ3n) is 7.66. The third-order valence-corrected chi connectivity index (χ3v) is 7.66. The van der Waals surface area contributed by atoms with E-state index >= 15 is 0 Å². The third kappa shape index (κ3) is 6.62. The Morgan fingerprint density at radius 3 is 1.93 bits per heavy atom. The van der Waals surface area contributed by atoms with Crippen molar-refractivity contribution in [3.8, 4) is 0 Å². The van der Waals surface area contributed by atoms with E-state index in [0.717, 1.165) is 43.4 Å². The smallest absolute Gasteiger partial charge is 0.194 e. The second-order valence-electron chi connectivity index (χ2n) is 9.74. The molecule has 0 N–H and O–H groups in total. The molecule has 3 rings (SSSR count). The van der Waals surface area contributed by atoms with Crippen LogP contribution in [-0.4, -0.2) is 0 Å². The summed E-state index contributed by atoms with van der Waals surface area (Å²) < 4.78 is 40.3. The van der Waals surface area contributed by atoms with Gasteiger partial charge in [-0.25, -0.2) is 13.2 Å². The highest BCUT2D eigenvalue weighted by molar-refractivity contribution is 5.23. The maximum atomic E-state index is 13.6. The minimum Gasteiger partial charge on any atom is -0.204 e. The summed E-state index contributed by atoms with van der Waals surface area (Å²) in [5, 5.41) is 0. The van der Waals surface area contributed by atoms with Gasteiger partial charge < -0.3 is 0 Å². The first-order valence-corrected chi connectivity index (χ1v) is 12.4. The molecule has 1 aromatic rings. The first kappa shape index (κ1) is 23.4. The summed E-state index contributed by atoms with van der Waals surface area (Å²) in [4.78, 5) is 0. The summed E-state index contributed by atoms with van der Waals surface area (Å²) in [6.07, 6.45) is 22.2.